The van der Waals surface area contributed by atoms with Crippen molar-refractivity contribution in [1.82, 2.24) is 14.8 Å². The number of sulfone groups is 1. The molecule has 1 aromatic heterocycles. The maximum atomic E-state index is 12.9. The van der Waals surface area contributed by atoms with Crippen molar-refractivity contribution in [2.24, 2.45) is 0 Å². The number of unbranched alkanes of at least 4 members (excludes halogenated alkanes) is 1. The zero-order valence-corrected chi connectivity index (χ0v) is 16.5. The van der Waals surface area contributed by atoms with Crippen LogP contribution >= 0.6 is 0 Å². The third-order valence-electron chi connectivity index (χ3n) is 4.68. The number of hydrogen-bond donors (Lipinski definition) is 0. The Bertz CT molecular complexity index is 763. The molecule has 0 N–H and O–H groups in total. The SMILES string of the molecule is CCCCN(C)C(=O)c1cncc(C(=O)N(CC)C2CCS(=O)(=O)C2)c1. The van der Waals surface area contributed by atoms with E-state index in [1.165, 1.54) is 12.4 Å². The number of hydrogen-bond acceptors (Lipinski definition) is 5. The minimum Gasteiger partial charge on any atom is -0.342 e. The van der Waals surface area contributed by atoms with Crippen molar-refractivity contribution in [2.75, 3.05) is 31.6 Å². The number of nitrogens with zero attached hydrogens (tertiary/aromatic N) is 3. The van der Waals surface area contributed by atoms with Gasteiger partial charge in [0.1, 0.15) is 0 Å². The van der Waals surface area contributed by atoms with Crippen molar-refractivity contribution in [2.45, 2.75) is 39.2 Å². The average molecular weight is 381 g/mol. The molecule has 1 unspecified atom stereocenters. The van der Waals surface area contributed by atoms with E-state index in [4.69, 9.17) is 0 Å². The highest BCUT2D eigenvalue weighted by molar-refractivity contribution is 7.91. The molecule has 26 heavy (non-hydrogen) atoms. The molecule has 0 spiro atoms. The van der Waals surface area contributed by atoms with Crippen LogP contribution in [0.5, 0.6) is 0 Å². The summed E-state index contributed by atoms with van der Waals surface area (Å²) in [4.78, 5) is 32.6. The van der Waals surface area contributed by atoms with Crippen LogP contribution in [0, 0.1) is 0 Å². The highest BCUT2D eigenvalue weighted by atomic mass is 32.2. The van der Waals surface area contributed by atoms with E-state index in [-0.39, 0.29) is 29.4 Å². The Morgan fingerprint density at radius 1 is 1.19 bits per heavy atom. The molecule has 1 atom stereocenters. The van der Waals surface area contributed by atoms with Crippen molar-refractivity contribution in [1.29, 1.82) is 0 Å². The molecule has 1 aromatic rings. The fourth-order valence-electron chi connectivity index (χ4n) is 3.15. The van der Waals surface area contributed by atoms with Gasteiger partial charge >= 0.3 is 0 Å². The van der Waals surface area contributed by atoms with Crippen molar-refractivity contribution in [3.05, 3.63) is 29.6 Å². The summed E-state index contributed by atoms with van der Waals surface area (Å²) in [6.07, 6.45) is 5.24. The summed E-state index contributed by atoms with van der Waals surface area (Å²) in [7, 11) is -1.35. The molecule has 2 amide bonds. The Kier molecular flexibility index (Phi) is 6.75. The molecule has 2 heterocycles. The van der Waals surface area contributed by atoms with Gasteiger partial charge in [-0.1, -0.05) is 13.3 Å². The molecule has 7 nitrogen and oxygen atoms in total. The number of pyridine rings is 1. The van der Waals surface area contributed by atoms with E-state index in [9.17, 15) is 18.0 Å². The summed E-state index contributed by atoms with van der Waals surface area (Å²) in [6.45, 7) is 4.94. The van der Waals surface area contributed by atoms with Gasteiger partial charge in [0.05, 0.1) is 22.6 Å². The van der Waals surface area contributed by atoms with Crippen molar-refractivity contribution < 1.29 is 18.0 Å². The Morgan fingerprint density at radius 3 is 2.38 bits per heavy atom. The van der Waals surface area contributed by atoms with Gasteiger partial charge in [0.2, 0.25) is 0 Å². The molecule has 0 saturated carbocycles. The van der Waals surface area contributed by atoms with Crippen LogP contribution in [0.15, 0.2) is 18.5 Å². The third-order valence-corrected chi connectivity index (χ3v) is 6.43. The third kappa shape index (κ3) is 4.81. The van der Waals surface area contributed by atoms with Crippen LogP contribution in [0.3, 0.4) is 0 Å². The highest BCUT2D eigenvalue weighted by Crippen LogP contribution is 2.20. The van der Waals surface area contributed by atoms with Gasteiger partial charge in [0.25, 0.3) is 11.8 Å². The summed E-state index contributed by atoms with van der Waals surface area (Å²) >= 11 is 0. The zero-order chi connectivity index (χ0) is 19.3. The Morgan fingerprint density at radius 2 is 1.85 bits per heavy atom. The van der Waals surface area contributed by atoms with Gasteiger partial charge < -0.3 is 9.80 Å². The van der Waals surface area contributed by atoms with E-state index in [0.717, 1.165) is 12.8 Å². The van der Waals surface area contributed by atoms with E-state index in [1.807, 2.05) is 6.92 Å². The fourth-order valence-corrected chi connectivity index (χ4v) is 4.88. The molecule has 1 aliphatic heterocycles. The molecule has 1 fully saturated rings. The maximum Gasteiger partial charge on any atom is 0.255 e. The van der Waals surface area contributed by atoms with Crippen LogP contribution in [0.2, 0.25) is 0 Å². The number of carbonyl (C=O) groups excluding carboxylic acids is 2. The van der Waals surface area contributed by atoms with E-state index >= 15 is 0 Å². The van der Waals surface area contributed by atoms with Crippen LogP contribution in [0.25, 0.3) is 0 Å². The topological polar surface area (TPSA) is 87.7 Å². The second kappa shape index (κ2) is 8.62. The second-order valence-electron chi connectivity index (χ2n) is 6.69. The van der Waals surface area contributed by atoms with Gasteiger partial charge in [-0.3, -0.25) is 14.6 Å². The summed E-state index contributed by atoms with van der Waals surface area (Å²) in [5, 5.41) is 0. The van der Waals surface area contributed by atoms with E-state index in [2.05, 4.69) is 11.9 Å². The summed E-state index contributed by atoms with van der Waals surface area (Å²) in [5.74, 6) is -0.348. The fraction of sp³-hybridized carbons (Fsp3) is 0.611. The lowest BCUT2D eigenvalue weighted by Gasteiger charge is -2.27. The summed E-state index contributed by atoms with van der Waals surface area (Å²) in [5.41, 5.74) is 0.676. The lowest BCUT2D eigenvalue weighted by atomic mass is 10.1. The molecule has 0 radical (unpaired) electrons. The van der Waals surface area contributed by atoms with Crippen LogP contribution in [0.1, 0.15) is 53.8 Å². The summed E-state index contributed by atoms with van der Waals surface area (Å²) < 4.78 is 23.4. The smallest absolute Gasteiger partial charge is 0.255 e. The monoisotopic (exact) mass is 381 g/mol. The molecular formula is C18H27N3O4S. The van der Waals surface area contributed by atoms with Crippen molar-refractivity contribution >= 4 is 21.7 Å². The van der Waals surface area contributed by atoms with Gasteiger partial charge in [0.15, 0.2) is 9.84 Å². The molecule has 144 valence electrons. The number of aromatic nitrogens is 1. The normalized spacial score (nSPS) is 18.5. The lowest BCUT2D eigenvalue weighted by molar-refractivity contribution is 0.0708. The number of carbonyl (C=O) groups is 2. The van der Waals surface area contributed by atoms with Gasteiger partial charge in [-0.05, 0) is 25.8 Å². The number of rotatable bonds is 7. The Hall–Kier alpha value is -1.96. The lowest BCUT2D eigenvalue weighted by Crippen LogP contribution is -2.41. The van der Waals surface area contributed by atoms with E-state index in [1.54, 1.807) is 22.9 Å². The molecule has 0 aromatic carbocycles. The van der Waals surface area contributed by atoms with Gasteiger partial charge in [-0.15, -0.1) is 0 Å². The molecule has 0 bridgehead atoms. The first kappa shape index (κ1) is 20.4. The predicted molar refractivity (Wildman–Crippen MR) is 99.9 cm³/mol. The van der Waals surface area contributed by atoms with Crippen LogP contribution in [-0.4, -0.2) is 72.7 Å². The van der Waals surface area contributed by atoms with E-state index < -0.39 is 9.84 Å². The first-order chi connectivity index (χ1) is 12.3. The quantitative estimate of drug-likeness (QED) is 0.716. The van der Waals surface area contributed by atoms with Gasteiger partial charge in [0, 0.05) is 38.6 Å². The molecule has 1 saturated heterocycles. The van der Waals surface area contributed by atoms with Gasteiger partial charge in [-0.25, -0.2) is 8.42 Å². The molecule has 8 heteroatoms. The highest BCUT2D eigenvalue weighted by Gasteiger charge is 2.34. The zero-order valence-electron chi connectivity index (χ0n) is 15.6. The minimum atomic E-state index is -3.08. The molecule has 0 aliphatic carbocycles. The minimum absolute atomic E-state index is 0.00160. The average Bonchev–Trinajstić information content (AvgIpc) is 2.99. The van der Waals surface area contributed by atoms with Crippen LogP contribution in [0.4, 0.5) is 0 Å². The van der Waals surface area contributed by atoms with Gasteiger partial charge in [-0.2, -0.15) is 0 Å². The Balaban J connectivity index is 2.17. The molecular weight excluding hydrogens is 354 g/mol. The maximum absolute atomic E-state index is 12.9. The van der Waals surface area contributed by atoms with Crippen molar-refractivity contribution in [3.63, 3.8) is 0 Å². The standard InChI is InChI=1S/C18H27N3O4S/c1-4-6-8-20(3)17(22)14-10-15(12-19-11-14)18(23)21(5-2)16-7-9-26(24,25)13-16/h10-12,16H,4-9,13H2,1-3H3. The van der Waals surface area contributed by atoms with E-state index in [0.29, 0.717) is 30.6 Å². The predicted octanol–water partition coefficient (Wildman–Crippen LogP) is 1.60. The Labute approximate surface area is 155 Å². The largest absolute Gasteiger partial charge is 0.342 e. The van der Waals surface area contributed by atoms with Crippen LogP contribution in [-0.2, 0) is 9.84 Å². The van der Waals surface area contributed by atoms with Crippen molar-refractivity contribution in [3.8, 4) is 0 Å². The van der Waals surface area contributed by atoms with Crippen LogP contribution < -0.4 is 0 Å². The molecule has 1 aliphatic rings. The second-order valence-corrected chi connectivity index (χ2v) is 8.92. The summed E-state index contributed by atoms with van der Waals surface area (Å²) in [6, 6.07) is 1.23. The molecule has 2 rings (SSSR count). The number of amides is 2. The first-order valence-electron chi connectivity index (χ1n) is 9.01. The first-order valence-corrected chi connectivity index (χ1v) is 10.8.